The van der Waals surface area contributed by atoms with Crippen LogP contribution in [0.5, 0.6) is 0 Å². The van der Waals surface area contributed by atoms with Gasteiger partial charge in [-0.25, -0.2) is 0 Å². The van der Waals surface area contributed by atoms with Crippen molar-refractivity contribution in [2.24, 2.45) is 17.3 Å². The SMILES string of the molecule is Cc1cnc(-c2[c-]cc3ccc4c(c3c2)CC2(Cc3ccccc3C2)C4)cc1C.O=C(/C=C(\O)C(C(F)(F)F)C(F)(F)F)C(C(F)(F)F)C(F)(F)F.[Ir]. The Labute approximate surface area is 308 Å². The molecule has 0 saturated heterocycles. The Bertz CT molecular complexity index is 1980. The number of ketones is 1. The molecule has 16 heteroatoms. The van der Waals surface area contributed by atoms with Crippen LogP contribution in [0.4, 0.5) is 52.7 Å². The third-order valence-corrected chi connectivity index (χ3v) is 9.35. The largest absolute Gasteiger partial charge is 0.511 e. The van der Waals surface area contributed by atoms with Crippen LogP contribution >= 0.6 is 0 Å². The van der Waals surface area contributed by atoms with Gasteiger partial charge in [-0.3, -0.25) is 4.79 Å². The summed E-state index contributed by atoms with van der Waals surface area (Å²) >= 11 is 0. The van der Waals surface area contributed by atoms with E-state index in [0.29, 0.717) is 5.41 Å². The van der Waals surface area contributed by atoms with Crippen molar-refractivity contribution in [2.75, 3.05) is 0 Å². The molecule has 1 radical (unpaired) electrons. The fourth-order valence-corrected chi connectivity index (χ4v) is 6.87. The number of alkyl halides is 12. The maximum atomic E-state index is 12.1. The summed E-state index contributed by atoms with van der Waals surface area (Å²) < 4.78 is 145. The predicted molar refractivity (Wildman–Crippen MR) is 166 cm³/mol. The van der Waals surface area contributed by atoms with E-state index in [0.717, 1.165) is 11.3 Å². The van der Waals surface area contributed by atoms with Gasteiger partial charge in [-0.15, -0.1) is 23.8 Å². The number of aliphatic hydroxyl groups excluding tert-OH is 1. The fourth-order valence-electron chi connectivity index (χ4n) is 6.87. The molecule has 2 aliphatic carbocycles. The first-order valence-corrected chi connectivity index (χ1v) is 15.6. The Kier molecular flexibility index (Phi) is 11.6. The third-order valence-electron chi connectivity index (χ3n) is 9.35. The van der Waals surface area contributed by atoms with Crippen molar-refractivity contribution in [3.63, 3.8) is 0 Å². The van der Waals surface area contributed by atoms with Gasteiger partial charge >= 0.3 is 24.7 Å². The molecule has 0 aliphatic heterocycles. The molecule has 287 valence electrons. The minimum Gasteiger partial charge on any atom is -0.511 e. The summed E-state index contributed by atoms with van der Waals surface area (Å²) in [6.45, 7) is 4.27. The number of fused-ring (bicyclic) bond motifs is 4. The molecule has 1 aromatic heterocycles. The molecule has 0 unspecified atom stereocenters. The fraction of sp³-hybridized carbons (Fsp3) is 0.351. The molecule has 3 nitrogen and oxygen atoms in total. The van der Waals surface area contributed by atoms with Gasteiger partial charge in [0.05, 0.1) is 0 Å². The molecule has 3 aromatic carbocycles. The Morgan fingerprint density at radius 3 is 1.79 bits per heavy atom. The van der Waals surface area contributed by atoms with Crippen LogP contribution in [0.1, 0.15) is 33.4 Å². The molecular formula is C37H28F12IrNO2-. The molecule has 0 saturated carbocycles. The molecule has 4 aromatic rings. The van der Waals surface area contributed by atoms with E-state index in [1.165, 1.54) is 53.1 Å². The molecule has 1 heterocycles. The number of carbonyl (C=O) groups is 1. The third kappa shape index (κ3) is 9.08. The van der Waals surface area contributed by atoms with E-state index in [9.17, 15) is 57.5 Å². The smallest absolute Gasteiger partial charge is 0.407 e. The number of pyridine rings is 1. The first-order valence-electron chi connectivity index (χ1n) is 15.6. The van der Waals surface area contributed by atoms with Crippen molar-refractivity contribution in [1.29, 1.82) is 0 Å². The van der Waals surface area contributed by atoms with Crippen molar-refractivity contribution in [3.05, 3.63) is 112 Å². The maximum absolute atomic E-state index is 12.1. The van der Waals surface area contributed by atoms with Crippen molar-refractivity contribution in [1.82, 2.24) is 4.98 Å². The zero-order valence-corrected chi connectivity index (χ0v) is 29.9. The van der Waals surface area contributed by atoms with Crippen LogP contribution in [0.15, 0.2) is 72.6 Å². The number of aromatic nitrogens is 1. The van der Waals surface area contributed by atoms with E-state index in [2.05, 4.69) is 79.5 Å². The topological polar surface area (TPSA) is 50.2 Å². The van der Waals surface area contributed by atoms with Gasteiger partial charge < -0.3 is 10.1 Å². The second-order valence-electron chi connectivity index (χ2n) is 13.2. The summed E-state index contributed by atoms with van der Waals surface area (Å²) in [5.74, 6) is -15.9. The summed E-state index contributed by atoms with van der Waals surface area (Å²) in [4.78, 5) is 15.5. The standard InChI is InChI=1S/C28H24N.C9H4F12O2.Ir/c1-18-11-27(29-17-19(18)2)21-9-7-20-8-10-24-15-28(16-26(24)25(20)12-21)13-22-5-3-4-6-23(22)14-28;10-6(11,12)4(7(13,14)15)2(22)1-3(23)5(8(16,17)18)9(19,20)21;/h3-8,10-12,17H,13-16H2,1-2H3;1,4-5,22H;/q-1;;/b;2-1-;. The summed E-state index contributed by atoms with van der Waals surface area (Å²) in [6, 6.07) is 23.8. The summed E-state index contributed by atoms with van der Waals surface area (Å²) in [6.07, 6.45) is -19.9. The van der Waals surface area contributed by atoms with Gasteiger partial charge in [-0.1, -0.05) is 64.4 Å². The van der Waals surface area contributed by atoms with Crippen molar-refractivity contribution in [3.8, 4) is 11.3 Å². The molecule has 6 rings (SSSR count). The maximum Gasteiger partial charge on any atom is 0.407 e. The van der Waals surface area contributed by atoms with Crippen LogP contribution < -0.4 is 0 Å². The molecule has 53 heavy (non-hydrogen) atoms. The van der Waals surface area contributed by atoms with Crippen molar-refractivity contribution < 1.29 is 82.7 Å². The number of rotatable bonds is 4. The van der Waals surface area contributed by atoms with Gasteiger partial charge in [0.25, 0.3) is 0 Å². The van der Waals surface area contributed by atoms with Gasteiger partial charge in [0.15, 0.2) is 5.78 Å². The quantitative estimate of drug-likeness (QED) is 0.0960. The van der Waals surface area contributed by atoms with E-state index in [1.54, 1.807) is 16.7 Å². The normalized spacial score (nSPS) is 15.7. The van der Waals surface area contributed by atoms with Crippen LogP contribution in [0.3, 0.4) is 0 Å². The van der Waals surface area contributed by atoms with Gasteiger partial charge in [0.1, 0.15) is 5.76 Å². The van der Waals surface area contributed by atoms with Crippen molar-refractivity contribution in [2.45, 2.75) is 64.2 Å². The van der Waals surface area contributed by atoms with Gasteiger partial charge in [0, 0.05) is 32.4 Å². The molecule has 0 fully saturated rings. The number of hydrogen-bond acceptors (Lipinski definition) is 3. The summed E-state index contributed by atoms with van der Waals surface area (Å²) in [5.41, 5.74) is 11.2. The van der Waals surface area contributed by atoms with E-state index in [-0.39, 0.29) is 20.1 Å². The summed E-state index contributed by atoms with van der Waals surface area (Å²) in [7, 11) is 0. The number of carbonyl (C=O) groups excluding carboxylic acids is 1. The molecule has 0 atom stereocenters. The van der Waals surface area contributed by atoms with E-state index in [4.69, 9.17) is 5.11 Å². The van der Waals surface area contributed by atoms with E-state index in [1.807, 2.05) is 6.20 Å². The molecule has 1 N–H and O–H groups in total. The number of aliphatic hydroxyl groups is 1. The van der Waals surface area contributed by atoms with Crippen molar-refractivity contribution >= 4 is 16.6 Å². The second-order valence-corrected chi connectivity index (χ2v) is 13.2. The van der Waals surface area contributed by atoms with E-state index >= 15 is 0 Å². The van der Waals surface area contributed by atoms with Crippen LogP contribution in [-0.2, 0) is 50.6 Å². The predicted octanol–water partition coefficient (Wildman–Crippen LogP) is 10.7. The Hall–Kier alpha value is -3.91. The molecule has 2 aliphatic rings. The zero-order valence-electron chi connectivity index (χ0n) is 27.5. The number of halogens is 12. The molecular weight excluding hydrogens is 911 g/mol. The first-order chi connectivity index (χ1) is 23.9. The number of nitrogens with zero attached hydrogens (tertiary/aromatic N) is 1. The number of hydrogen-bond donors (Lipinski definition) is 1. The number of benzene rings is 3. The van der Waals surface area contributed by atoms with Crippen LogP contribution in [0.25, 0.3) is 22.0 Å². The van der Waals surface area contributed by atoms with Crippen LogP contribution in [0.2, 0.25) is 0 Å². The van der Waals surface area contributed by atoms with Gasteiger partial charge in [-0.05, 0) is 72.9 Å². The summed E-state index contributed by atoms with van der Waals surface area (Å²) in [5, 5.41) is 11.3. The second kappa shape index (κ2) is 14.7. The minimum absolute atomic E-state index is 0. The minimum atomic E-state index is -6.34. The molecule has 1 spiro atoms. The van der Waals surface area contributed by atoms with Gasteiger partial charge in [0.2, 0.25) is 11.8 Å². The zero-order chi connectivity index (χ0) is 38.6. The van der Waals surface area contributed by atoms with E-state index < -0.39 is 54.2 Å². The van der Waals surface area contributed by atoms with Crippen LogP contribution in [0, 0.1) is 37.2 Å². The average Bonchev–Trinajstić information content (AvgIpc) is 3.53. The Balaban J connectivity index is 0.000000241. The number of aryl methyl sites for hydroxylation is 2. The monoisotopic (exact) mass is 939 g/mol. The Morgan fingerprint density at radius 2 is 1.28 bits per heavy atom. The first kappa shape index (κ1) is 41.8. The molecule has 0 bridgehead atoms. The number of allylic oxidation sites excluding steroid dienone is 2. The molecule has 0 amide bonds. The van der Waals surface area contributed by atoms with Gasteiger partial charge in [-0.2, -0.15) is 52.7 Å². The average molecular weight is 939 g/mol. The Morgan fingerprint density at radius 1 is 0.755 bits per heavy atom. The van der Waals surface area contributed by atoms with Crippen LogP contribution in [-0.4, -0.2) is 40.6 Å².